The standard InChI is InChI=1S/C29H58O2/c1-3-28(2)29(31)26-24-22-20-18-16-14-12-10-8-6-4-5-7-9-11-13-15-17-19-21-23-25-27-30/h28,30H,3-27H2,1-2H3. The van der Waals surface area contributed by atoms with Crippen LogP contribution in [-0.4, -0.2) is 17.5 Å². The summed E-state index contributed by atoms with van der Waals surface area (Å²) in [5, 5.41) is 8.75. The number of hydrogen-bond donors (Lipinski definition) is 1. The molecule has 0 aliphatic carbocycles. The summed E-state index contributed by atoms with van der Waals surface area (Å²) >= 11 is 0. The van der Waals surface area contributed by atoms with Crippen molar-refractivity contribution in [1.82, 2.24) is 0 Å². The highest BCUT2D eigenvalue weighted by atomic mass is 16.2. The van der Waals surface area contributed by atoms with Crippen molar-refractivity contribution in [2.24, 2.45) is 5.92 Å². The van der Waals surface area contributed by atoms with E-state index in [1.165, 1.54) is 128 Å². The average Bonchev–Trinajstić information content (AvgIpc) is 2.78. The highest BCUT2D eigenvalue weighted by Crippen LogP contribution is 2.16. The van der Waals surface area contributed by atoms with Gasteiger partial charge in [-0.15, -0.1) is 0 Å². The molecule has 1 N–H and O–H groups in total. The molecule has 0 aliphatic rings. The zero-order chi connectivity index (χ0) is 22.8. The number of aliphatic hydroxyl groups excluding tert-OH is 1. The SMILES string of the molecule is CCC(C)C(=O)CCCCCCCCCCCCCCCCCCCCCCCCO. The van der Waals surface area contributed by atoms with E-state index in [-0.39, 0.29) is 5.92 Å². The van der Waals surface area contributed by atoms with E-state index in [0.717, 1.165) is 25.7 Å². The van der Waals surface area contributed by atoms with Gasteiger partial charge in [0.05, 0.1) is 0 Å². The minimum atomic E-state index is 0.272. The zero-order valence-corrected chi connectivity index (χ0v) is 21.6. The Labute approximate surface area is 196 Å². The van der Waals surface area contributed by atoms with Crippen LogP contribution in [0.25, 0.3) is 0 Å². The molecule has 0 rings (SSSR count). The third kappa shape index (κ3) is 24.1. The predicted molar refractivity (Wildman–Crippen MR) is 138 cm³/mol. The molecule has 0 saturated heterocycles. The van der Waals surface area contributed by atoms with E-state index < -0.39 is 0 Å². The molecule has 186 valence electrons. The van der Waals surface area contributed by atoms with E-state index in [4.69, 9.17) is 5.11 Å². The maximum absolute atomic E-state index is 11.8. The van der Waals surface area contributed by atoms with Gasteiger partial charge in [0.15, 0.2) is 0 Å². The summed E-state index contributed by atoms with van der Waals surface area (Å²) in [6, 6.07) is 0. The summed E-state index contributed by atoms with van der Waals surface area (Å²) in [6.07, 6.45) is 31.7. The quantitative estimate of drug-likeness (QED) is 0.136. The number of hydrogen-bond acceptors (Lipinski definition) is 2. The van der Waals surface area contributed by atoms with Gasteiger partial charge in [0, 0.05) is 18.9 Å². The molecule has 0 bridgehead atoms. The van der Waals surface area contributed by atoms with Gasteiger partial charge >= 0.3 is 0 Å². The van der Waals surface area contributed by atoms with Gasteiger partial charge in [-0.1, -0.05) is 142 Å². The highest BCUT2D eigenvalue weighted by Gasteiger charge is 2.09. The third-order valence-electron chi connectivity index (χ3n) is 6.99. The topological polar surface area (TPSA) is 37.3 Å². The molecule has 0 aromatic heterocycles. The average molecular weight is 439 g/mol. The number of unbranched alkanes of at least 4 members (excludes halogenated alkanes) is 21. The van der Waals surface area contributed by atoms with E-state index in [9.17, 15) is 4.79 Å². The number of aliphatic hydroxyl groups is 1. The second-order valence-electron chi connectivity index (χ2n) is 10.0. The molecular weight excluding hydrogens is 380 g/mol. The first-order valence-electron chi connectivity index (χ1n) is 14.4. The third-order valence-corrected chi connectivity index (χ3v) is 6.99. The monoisotopic (exact) mass is 438 g/mol. The summed E-state index contributed by atoms with van der Waals surface area (Å²) in [5.74, 6) is 0.744. The molecule has 1 atom stereocenters. The molecule has 0 aliphatic heterocycles. The van der Waals surface area contributed by atoms with E-state index in [0.29, 0.717) is 12.4 Å². The van der Waals surface area contributed by atoms with Gasteiger partial charge in [0.1, 0.15) is 5.78 Å². The lowest BCUT2D eigenvalue weighted by Crippen LogP contribution is -2.09. The van der Waals surface area contributed by atoms with Crippen LogP contribution in [0.2, 0.25) is 0 Å². The van der Waals surface area contributed by atoms with Crippen LogP contribution in [0.4, 0.5) is 0 Å². The van der Waals surface area contributed by atoms with Gasteiger partial charge < -0.3 is 5.11 Å². The Balaban J connectivity index is 3.07. The van der Waals surface area contributed by atoms with Crippen LogP contribution in [0, 0.1) is 5.92 Å². The van der Waals surface area contributed by atoms with Crippen molar-refractivity contribution in [2.45, 2.75) is 168 Å². The zero-order valence-electron chi connectivity index (χ0n) is 21.6. The van der Waals surface area contributed by atoms with E-state index in [1.54, 1.807) is 0 Å². The van der Waals surface area contributed by atoms with Gasteiger partial charge in [-0.2, -0.15) is 0 Å². The normalized spacial score (nSPS) is 12.4. The fraction of sp³-hybridized carbons (Fsp3) is 0.966. The molecule has 0 saturated carbocycles. The lowest BCUT2D eigenvalue weighted by atomic mass is 9.98. The summed E-state index contributed by atoms with van der Waals surface area (Å²) < 4.78 is 0. The van der Waals surface area contributed by atoms with Crippen molar-refractivity contribution in [3.8, 4) is 0 Å². The van der Waals surface area contributed by atoms with Crippen molar-refractivity contribution in [3.05, 3.63) is 0 Å². The Hall–Kier alpha value is -0.370. The Kier molecular flexibility index (Phi) is 25.6. The van der Waals surface area contributed by atoms with Gasteiger partial charge in [-0.3, -0.25) is 4.79 Å². The molecular formula is C29H58O2. The number of carbonyl (C=O) groups excluding carboxylic acids is 1. The van der Waals surface area contributed by atoms with Crippen LogP contribution in [0.3, 0.4) is 0 Å². The van der Waals surface area contributed by atoms with Crippen LogP contribution in [0.5, 0.6) is 0 Å². The summed E-state index contributed by atoms with van der Waals surface area (Å²) in [4.78, 5) is 11.8. The molecule has 2 heteroatoms. The van der Waals surface area contributed by atoms with Crippen LogP contribution < -0.4 is 0 Å². The van der Waals surface area contributed by atoms with Crippen LogP contribution in [0.15, 0.2) is 0 Å². The lowest BCUT2D eigenvalue weighted by Gasteiger charge is -2.07. The minimum Gasteiger partial charge on any atom is -0.396 e. The van der Waals surface area contributed by atoms with Gasteiger partial charge in [0.25, 0.3) is 0 Å². The molecule has 0 amide bonds. The Morgan fingerprint density at radius 1 is 0.516 bits per heavy atom. The molecule has 0 aromatic carbocycles. The largest absolute Gasteiger partial charge is 0.396 e. The van der Waals surface area contributed by atoms with Crippen LogP contribution >= 0.6 is 0 Å². The van der Waals surface area contributed by atoms with Crippen LogP contribution in [-0.2, 0) is 4.79 Å². The highest BCUT2D eigenvalue weighted by molar-refractivity contribution is 5.80. The molecule has 0 aromatic rings. The van der Waals surface area contributed by atoms with Crippen LogP contribution in [0.1, 0.15) is 168 Å². The van der Waals surface area contributed by atoms with Gasteiger partial charge in [0.2, 0.25) is 0 Å². The van der Waals surface area contributed by atoms with Crippen molar-refractivity contribution >= 4 is 5.78 Å². The van der Waals surface area contributed by atoms with Crippen molar-refractivity contribution in [2.75, 3.05) is 6.61 Å². The summed E-state index contributed by atoms with van der Waals surface area (Å²) in [7, 11) is 0. The van der Waals surface area contributed by atoms with Gasteiger partial charge in [-0.05, 0) is 19.3 Å². The summed E-state index contributed by atoms with van der Waals surface area (Å²) in [5.41, 5.74) is 0. The second-order valence-corrected chi connectivity index (χ2v) is 10.0. The Morgan fingerprint density at radius 3 is 1.03 bits per heavy atom. The van der Waals surface area contributed by atoms with Crippen molar-refractivity contribution in [3.63, 3.8) is 0 Å². The molecule has 31 heavy (non-hydrogen) atoms. The van der Waals surface area contributed by atoms with E-state index in [2.05, 4.69) is 13.8 Å². The first-order chi connectivity index (χ1) is 15.2. The smallest absolute Gasteiger partial charge is 0.135 e. The van der Waals surface area contributed by atoms with E-state index in [1.807, 2.05) is 0 Å². The van der Waals surface area contributed by atoms with E-state index >= 15 is 0 Å². The molecule has 0 heterocycles. The Bertz CT molecular complexity index is 353. The molecule has 2 nitrogen and oxygen atoms in total. The minimum absolute atomic E-state index is 0.272. The number of Topliss-reactive ketones (excluding diaryl/α,β-unsaturated/α-hetero) is 1. The summed E-state index contributed by atoms with van der Waals surface area (Å²) in [6.45, 7) is 4.54. The maximum atomic E-state index is 11.8. The molecule has 1 unspecified atom stereocenters. The molecule has 0 spiro atoms. The first kappa shape index (κ1) is 30.6. The Morgan fingerprint density at radius 2 is 0.774 bits per heavy atom. The predicted octanol–water partition coefficient (Wildman–Crippen LogP) is 9.57. The fourth-order valence-electron chi connectivity index (χ4n) is 4.42. The molecule has 0 radical (unpaired) electrons. The number of carbonyl (C=O) groups is 1. The first-order valence-corrected chi connectivity index (χ1v) is 14.4. The molecule has 0 fully saturated rings. The number of rotatable bonds is 26. The fourth-order valence-corrected chi connectivity index (χ4v) is 4.42. The van der Waals surface area contributed by atoms with Gasteiger partial charge in [-0.25, -0.2) is 0 Å². The number of ketones is 1. The lowest BCUT2D eigenvalue weighted by molar-refractivity contribution is -0.122. The van der Waals surface area contributed by atoms with Crippen molar-refractivity contribution in [1.29, 1.82) is 0 Å². The second kappa shape index (κ2) is 25.9. The maximum Gasteiger partial charge on any atom is 0.135 e. The van der Waals surface area contributed by atoms with Crippen molar-refractivity contribution < 1.29 is 9.90 Å².